The summed E-state index contributed by atoms with van der Waals surface area (Å²) in [6.45, 7) is 3.80. The number of sulfone groups is 1. The van der Waals surface area contributed by atoms with Crippen molar-refractivity contribution in [3.8, 4) is 11.1 Å². The molecule has 0 saturated heterocycles. The van der Waals surface area contributed by atoms with Gasteiger partial charge in [-0.15, -0.1) is 0 Å². The quantitative estimate of drug-likeness (QED) is 0.522. The second-order valence-corrected chi connectivity index (χ2v) is 11.0. The molecule has 3 aromatic carbocycles. The number of hydrogen-bond donors (Lipinski definition) is 0. The molecule has 0 aliphatic carbocycles. The molecule has 0 N–H and O–H groups in total. The van der Waals surface area contributed by atoms with E-state index in [0.717, 1.165) is 16.7 Å². The fraction of sp³-hybridized carbons (Fsp3) is 0.231. The number of rotatable bonds is 4. The fourth-order valence-electron chi connectivity index (χ4n) is 4.33. The van der Waals surface area contributed by atoms with Gasteiger partial charge in [-0.1, -0.05) is 41.9 Å². The van der Waals surface area contributed by atoms with Crippen molar-refractivity contribution in [1.29, 1.82) is 0 Å². The summed E-state index contributed by atoms with van der Waals surface area (Å²) >= 11 is 6.09. The number of nitrogens with zero attached hydrogens (tertiary/aromatic N) is 2. The minimum absolute atomic E-state index is 0.0943. The highest BCUT2D eigenvalue weighted by Crippen LogP contribution is 2.39. The van der Waals surface area contributed by atoms with Crippen LogP contribution in [0.3, 0.4) is 0 Å². The van der Waals surface area contributed by atoms with Gasteiger partial charge in [-0.25, -0.2) is 8.42 Å². The standard InChI is InChI=1S/C26H25ClN2O4S/c1-17-16-28(26(31)14-19-5-4-6-22(27)13-19)25-15-21(9-12-24(25)29(17)18(2)30)20-7-10-23(11-8-20)34(3,32)33/h4-13,15,17H,14,16H2,1-3H3/t17-/m0/s1. The van der Waals surface area contributed by atoms with E-state index in [2.05, 4.69) is 0 Å². The van der Waals surface area contributed by atoms with E-state index in [9.17, 15) is 18.0 Å². The molecule has 176 valence electrons. The maximum Gasteiger partial charge on any atom is 0.231 e. The Bertz CT molecular complexity index is 1370. The first-order valence-corrected chi connectivity index (χ1v) is 13.1. The molecule has 8 heteroatoms. The Balaban J connectivity index is 1.75. The molecule has 0 aromatic heterocycles. The Morgan fingerprint density at radius 1 is 0.971 bits per heavy atom. The minimum atomic E-state index is -3.30. The van der Waals surface area contributed by atoms with Crippen LogP contribution in [0.1, 0.15) is 19.4 Å². The van der Waals surface area contributed by atoms with Gasteiger partial charge in [0.15, 0.2) is 9.84 Å². The predicted octanol–water partition coefficient (Wildman–Crippen LogP) is 4.74. The first kappa shape index (κ1) is 24.0. The molecule has 34 heavy (non-hydrogen) atoms. The molecule has 6 nitrogen and oxygen atoms in total. The van der Waals surface area contributed by atoms with Crippen molar-refractivity contribution < 1.29 is 18.0 Å². The van der Waals surface area contributed by atoms with Gasteiger partial charge in [0.25, 0.3) is 0 Å². The maximum absolute atomic E-state index is 13.4. The molecule has 0 radical (unpaired) electrons. The molecule has 0 fully saturated rings. The van der Waals surface area contributed by atoms with Crippen LogP contribution in [-0.2, 0) is 25.8 Å². The van der Waals surface area contributed by atoms with E-state index in [4.69, 9.17) is 11.6 Å². The molecule has 2 amide bonds. The highest BCUT2D eigenvalue weighted by atomic mass is 35.5. The van der Waals surface area contributed by atoms with Crippen molar-refractivity contribution in [2.75, 3.05) is 22.6 Å². The number of carbonyl (C=O) groups is 2. The molecule has 1 heterocycles. The van der Waals surface area contributed by atoms with E-state index in [1.54, 1.807) is 46.2 Å². The third-order valence-corrected chi connectivity index (χ3v) is 7.28. The molecule has 1 atom stereocenters. The highest BCUT2D eigenvalue weighted by Gasteiger charge is 2.33. The highest BCUT2D eigenvalue weighted by molar-refractivity contribution is 7.90. The van der Waals surface area contributed by atoms with Crippen LogP contribution >= 0.6 is 11.6 Å². The number of carbonyl (C=O) groups excluding carboxylic acids is 2. The van der Waals surface area contributed by atoms with Gasteiger partial charge in [0, 0.05) is 24.7 Å². The van der Waals surface area contributed by atoms with Crippen molar-refractivity contribution in [1.82, 2.24) is 0 Å². The first-order chi connectivity index (χ1) is 16.0. The summed E-state index contributed by atoms with van der Waals surface area (Å²) in [6.07, 6.45) is 1.35. The average molecular weight is 497 g/mol. The van der Waals surface area contributed by atoms with E-state index in [-0.39, 0.29) is 29.2 Å². The van der Waals surface area contributed by atoms with Crippen molar-refractivity contribution in [2.24, 2.45) is 0 Å². The molecule has 4 rings (SSSR count). The van der Waals surface area contributed by atoms with Gasteiger partial charge < -0.3 is 9.80 Å². The van der Waals surface area contributed by atoms with Gasteiger partial charge in [0.1, 0.15) is 0 Å². The SMILES string of the molecule is CC(=O)N1c2ccc(-c3ccc(S(C)(=O)=O)cc3)cc2N(C(=O)Cc2cccc(Cl)c2)C[C@@H]1C. The lowest BCUT2D eigenvalue weighted by Crippen LogP contribution is -2.51. The minimum Gasteiger partial charge on any atom is -0.308 e. The maximum atomic E-state index is 13.4. The number of halogens is 1. The van der Waals surface area contributed by atoms with Gasteiger partial charge in [-0.05, 0) is 60.0 Å². The van der Waals surface area contributed by atoms with Gasteiger partial charge in [0.2, 0.25) is 11.8 Å². The number of hydrogen-bond acceptors (Lipinski definition) is 4. The van der Waals surface area contributed by atoms with E-state index in [1.165, 1.54) is 13.2 Å². The van der Waals surface area contributed by atoms with Crippen LogP contribution in [0.25, 0.3) is 11.1 Å². The number of anilines is 2. The van der Waals surface area contributed by atoms with Gasteiger partial charge >= 0.3 is 0 Å². The molecule has 0 unspecified atom stereocenters. The average Bonchev–Trinajstić information content (AvgIpc) is 2.77. The lowest BCUT2D eigenvalue weighted by atomic mass is 10.00. The smallest absolute Gasteiger partial charge is 0.231 e. The summed E-state index contributed by atoms with van der Waals surface area (Å²) in [7, 11) is -3.30. The lowest BCUT2D eigenvalue weighted by Gasteiger charge is -2.41. The molecule has 1 aliphatic heterocycles. The molecule has 0 bridgehead atoms. The Labute approximate surface area is 204 Å². The fourth-order valence-corrected chi connectivity index (χ4v) is 5.18. The number of amides is 2. The van der Waals surface area contributed by atoms with Gasteiger partial charge in [-0.3, -0.25) is 9.59 Å². The van der Waals surface area contributed by atoms with Gasteiger partial charge in [0.05, 0.1) is 28.7 Å². The zero-order valence-corrected chi connectivity index (χ0v) is 20.7. The van der Waals surface area contributed by atoms with E-state index in [1.807, 2.05) is 37.3 Å². The normalized spacial score (nSPS) is 15.7. The van der Waals surface area contributed by atoms with E-state index < -0.39 is 9.84 Å². The van der Waals surface area contributed by atoms with Crippen LogP contribution in [0.4, 0.5) is 11.4 Å². The number of fused-ring (bicyclic) bond motifs is 1. The zero-order valence-electron chi connectivity index (χ0n) is 19.2. The van der Waals surface area contributed by atoms with Crippen molar-refractivity contribution in [3.05, 3.63) is 77.3 Å². The van der Waals surface area contributed by atoms with Gasteiger partial charge in [-0.2, -0.15) is 0 Å². The predicted molar refractivity (Wildman–Crippen MR) is 135 cm³/mol. The van der Waals surface area contributed by atoms with Crippen molar-refractivity contribution in [3.63, 3.8) is 0 Å². The summed E-state index contributed by atoms with van der Waals surface area (Å²) in [6, 6.07) is 19.2. The van der Waals surface area contributed by atoms with E-state index >= 15 is 0 Å². The summed E-state index contributed by atoms with van der Waals surface area (Å²) < 4.78 is 23.6. The topological polar surface area (TPSA) is 74.8 Å². The molecule has 0 spiro atoms. The second-order valence-electron chi connectivity index (χ2n) is 8.55. The molecular formula is C26H25ClN2O4S. The van der Waals surface area contributed by atoms with Crippen LogP contribution in [0.15, 0.2) is 71.6 Å². The lowest BCUT2D eigenvalue weighted by molar-refractivity contribution is -0.119. The number of benzene rings is 3. The molecular weight excluding hydrogens is 472 g/mol. The summed E-state index contributed by atoms with van der Waals surface area (Å²) in [4.78, 5) is 29.5. The first-order valence-electron chi connectivity index (χ1n) is 10.8. The molecule has 0 saturated carbocycles. The summed E-state index contributed by atoms with van der Waals surface area (Å²) in [5, 5.41) is 0.570. The Morgan fingerprint density at radius 3 is 2.26 bits per heavy atom. The van der Waals surface area contributed by atoms with Crippen LogP contribution < -0.4 is 9.80 Å². The second kappa shape index (κ2) is 9.24. The summed E-state index contributed by atoms with van der Waals surface area (Å²) in [5.74, 6) is -0.191. The van der Waals surface area contributed by atoms with Crippen LogP contribution in [0.5, 0.6) is 0 Å². The molecule has 3 aromatic rings. The third-order valence-electron chi connectivity index (χ3n) is 5.91. The Hall–Kier alpha value is -3.16. The zero-order chi connectivity index (χ0) is 24.6. The van der Waals surface area contributed by atoms with Crippen molar-refractivity contribution in [2.45, 2.75) is 31.2 Å². The molecule has 1 aliphatic rings. The Morgan fingerprint density at radius 2 is 1.65 bits per heavy atom. The van der Waals surface area contributed by atoms with E-state index in [0.29, 0.717) is 22.9 Å². The van der Waals surface area contributed by atoms with Crippen LogP contribution in [0, 0.1) is 0 Å². The third kappa shape index (κ3) is 4.86. The monoisotopic (exact) mass is 496 g/mol. The van der Waals surface area contributed by atoms with Crippen molar-refractivity contribution >= 4 is 44.6 Å². The Kier molecular flexibility index (Phi) is 6.51. The van der Waals surface area contributed by atoms with Crippen LogP contribution in [0.2, 0.25) is 5.02 Å². The van der Waals surface area contributed by atoms with Crippen LogP contribution in [-0.4, -0.2) is 39.1 Å². The largest absolute Gasteiger partial charge is 0.308 e. The summed E-state index contributed by atoms with van der Waals surface area (Å²) in [5.41, 5.74) is 3.75.